The summed E-state index contributed by atoms with van der Waals surface area (Å²) < 4.78 is 40.6. The molecule has 0 radical (unpaired) electrons. The van der Waals surface area contributed by atoms with E-state index in [2.05, 4.69) is 32.1 Å². The number of nitrogens with two attached hydrogens (primary N) is 1. The number of amides is 2. The van der Waals surface area contributed by atoms with Crippen LogP contribution in [0, 0.1) is 11.8 Å². The van der Waals surface area contributed by atoms with Crippen LogP contribution in [0.3, 0.4) is 0 Å². The van der Waals surface area contributed by atoms with E-state index in [0.29, 0.717) is 35.6 Å². The van der Waals surface area contributed by atoms with Gasteiger partial charge in [-0.1, -0.05) is 5.92 Å². The number of halogens is 3. The summed E-state index contributed by atoms with van der Waals surface area (Å²) in [7, 11) is 0. The number of carbonyl (C=O) groups excluding carboxylic acids is 2. The maximum atomic E-state index is 13.0. The number of hydrogen-bond acceptors (Lipinski definition) is 7. The summed E-state index contributed by atoms with van der Waals surface area (Å²) in [6, 6.07) is 6.00. The van der Waals surface area contributed by atoms with Crippen LogP contribution >= 0.6 is 0 Å². The first-order chi connectivity index (χ1) is 18.7. The first-order valence-corrected chi connectivity index (χ1v) is 11.8. The zero-order valence-corrected chi connectivity index (χ0v) is 20.5. The number of likely N-dealkylation sites (tertiary alicyclic amines) is 1. The van der Waals surface area contributed by atoms with Crippen molar-refractivity contribution >= 4 is 29.1 Å². The average Bonchev–Trinajstić information content (AvgIpc) is 3.54. The molecule has 39 heavy (non-hydrogen) atoms. The van der Waals surface area contributed by atoms with Gasteiger partial charge in [0.2, 0.25) is 5.95 Å². The molecule has 1 fully saturated rings. The number of nitrogens with one attached hydrogen (secondary N) is 1. The zero-order valence-electron chi connectivity index (χ0n) is 20.5. The Kier molecular flexibility index (Phi) is 6.61. The molecule has 10 nitrogen and oxygen atoms in total. The molecule has 5 heterocycles. The van der Waals surface area contributed by atoms with Crippen LogP contribution in [0.2, 0.25) is 0 Å². The fourth-order valence-electron chi connectivity index (χ4n) is 4.51. The van der Waals surface area contributed by atoms with Crippen LogP contribution in [0.1, 0.15) is 47.6 Å². The van der Waals surface area contributed by atoms with Gasteiger partial charge in [0, 0.05) is 30.7 Å². The molecule has 5 rings (SSSR count). The lowest BCUT2D eigenvalue weighted by Gasteiger charge is -2.21. The van der Waals surface area contributed by atoms with Crippen molar-refractivity contribution in [3.8, 4) is 23.2 Å². The number of fused-ring (bicyclic) bond motifs is 1. The Bertz CT molecular complexity index is 1640. The molecule has 1 atom stereocenters. The molecule has 13 heteroatoms. The standard InChI is InChI=1S/C26H21F3N8O2/c1-2-4-21(38)36-12-3-5-18(36)22-19-9-11-32-25(30)37(19)23(35-22)15-6-7-17(33-14-15)24(39)34-20-13-16(8-10-31-20)26(27,28)29/h6-11,13-14,18H,3,5,12H2,1H3,(H2,30,32)(H,31,34,39). The molecule has 3 N–H and O–H groups in total. The zero-order chi connectivity index (χ0) is 27.7. The number of nitrogen functional groups attached to an aromatic ring is 1. The van der Waals surface area contributed by atoms with E-state index in [0.717, 1.165) is 24.8 Å². The van der Waals surface area contributed by atoms with E-state index in [1.165, 1.54) is 12.3 Å². The second-order valence-electron chi connectivity index (χ2n) is 8.69. The normalized spacial score (nSPS) is 15.2. The summed E-state index contributed by atoms with van der Waals surface area (Å²) in [5.74, 6) is 4.53. The highest BCUT2D eigenvalue weighted by Crippen LogP contribution is 2.36. The molecule has 4 aromatic rings. The highest BCUT2D eigenvalue weighted by Gasteiger charge is 2.34. The molecule has 2 amide bonds. The largest absolute Gasteiger partial charge is 0.416 e. The third-order valence-electron chi connectivity index (χ3n) is 6.25. The number of nitrogens with zero attached hydrogens (tertiary/aromatic N) is 6. The van der Waals surface area contributed by atoms with E-state index in [9.17, 15) is 22.8 Å². The second kappa shape index (κ2) is 10.1. The highest BCUT2D eigenvalue weighted by atomic mass is 19.4. The van der Waals surface area contributed by atoms with Crippen molar-refractivity contribution in [3.05, 3.63) is 65.9 Å². The van der Waals surface area contributed by atoms with Crippen molar-refractivity contribution in [1.29, 1.82) is 0 Å². The van der Waals surface area contributed by atoms with E-state index >= 15 is 0 Å². The fourth-order valence-corrected chi connectivity index (χ4v) is 4.51. The number of alkyl halides is 3. The molecule has 0 aromatic carbocycles. The number of anilines is 2. The number of imidazole rings is 1. The Balaban J connectivity index is 1.46. The maximum Gasteiger partial charge on any atom is 0.416 e. The van der Waals surface area contributed by atoms with Crippen LogP contribution in [0.25, 0.3) is 16.9 Å². The van der Waals surface area contributed by atoms with Gasteiger partial charge in [-0.3, -0.25) is 19.0 Å². The summed E-state index contributed by atoms with van der Waals surface area (Å²) in [4.78, 5) is 43.8. The number of rotatable bonds is 4. The first-order valence-electron chi connectivity index (χ1n) is 11.8. The lowest BCUT2D eigenvalue weighted by molar-refractivity contribution is -0.137. The van der Waals surface area contributed by atoms with Gasteiger partial charge in [-0.05, 0) is 56.0 Å². The molecule has 0 bridgehead atoms. The molecule has 1 aliphatic heterocycles. The van der Waals surface area contributed by atoms with Gasteiger partial charge in [-0.25, -0.2) is 15.0 Å². The quantitative estimate of drug-likeness (QED) is 0.382. The molecule has 1 unspecified atom stereocenters. The predicted octanol–water partition coefficient (Wildman–Crippen LogP) is 3.73. The summed E-state index contributed by atoms with van der Waals surface area (Å²) in [5.41, 5.74) is 7.03. The Hall–Kier alpha value is -4.99. The van der Waals surface area contributed by atoms with Crippen molar-refractivity contribution < 1.29 is 22.8 Å². The summed E-state index contributed by atoms with van der Waals surface area (Å²) in [6.07, 6.45) is 0.842. The minimum atomic E-state index is -4.57. The van der Waals surface area contributed by atoms with Crippen LogP contribution in [-0.2, 0) is 11.0 Å². The monoisotopic (exact) mass is 534 g/mol. The Morgan fingerprint density at radius 1 is 1.13 bits per heavy atom. The smallest absolute Gasteiger partial charge is 0.369 e. The predicted molar refractivity (Wildman–Crippen MR) is 135 cm³/mol. The van der Waals surface area contributed by atoms with Crippen LogP contribution in [0.15, 0.2) is 48.9 Å². The van der Waals surface area contributed by atoms with Crippen LogP contribution in [0.5, 0.6) is 0 Å². The lowest BCUT2D eigenvalue weighted by atomic mass is 10.1. The Labute approximate surface area is 220 Å². The Morgan fingerprint density at radius 3 is 2.64 bits per heavy atom. The first kappa shape index (κ1) is 25.7. The second-order valence-corrected chi connectivity index (χ2v) is 8.69. The summed E-state index contributed by atoms with van der Waals surface area (Å²) in [6.45, 7) is 2.16. The highest BCUT2D eigenvalue weighted by molar-refractivity contribution is 6.02. The van der Waals surface area contributed by atoms with Crippen LogP contribution < -0.4 is 11.1 Å². The lowest BCUT2D eigenvalue weighted by Crippen LogP contribution is -2.29. The van der Waals surface area contributed by atoms with Gasteiger partial charge < -0.3 is 16.0 Å². The molecule has 0 spiro atoms. The van der Waals surface area contributed by atoms with Gasteiger partial charge in [-0.15, -0.1) is 0 Å². The number of pyridine rings is 2. The van der Waals surface area contributed by atoms with Gasteiger partial charge >= 0.3 is 6.18 Å². The number of carbonyl (C=O) groups is 2. The average molecular weight is 535 g/mol. The fraction of sp³-hybridized carbons (Fsp3) is 0.231. The van der Waals surface area contributed by atoms with Crippen molar-refractivity contribution in [2.24, 2.45) is 0 Å². The van der Waals surface area contributed by atoms with Crippen molar-refractivity contribution in [1.82, 2.24) is 29.2 Å². The Morgan fingerprint density at radius 2 is 1.92 bits per heavy atom. The van der Waals surface area contributed by atoms with Crippen molar-refractivity contribution in [2.45, 2.75) is 32.0 Å². The SMILES string of the molecule is CC#CC(=O)N1CCCC1c1nc(-c2ccc(C(=O)Nc3cc(C(F)(F)F)ccn3)nc2)n2c(N)nccc12. The topological polar surface area (TPSA) is 131 Å². The van der Waals surface area contributed by atoms with E-state index in [1.807, 2.05) is 0 Å². The van der Waals surface area contributed by atoms with Gasteiger partial charge in [0.15, 0.2) is 0 Å². The minimum Gasteiger partial charge on any atom is -0.369 e. The van der Waals surface area contributed by atoms with E-state index in [4.69, 9.17) is 10.7 Å². The van der Waals surface area contributed by atoms with Crippen molar-refractivity contribution in [3.63, 3.8) is 0 Å². The molecule has 4 aromatic heterocycles. The van der Waals surface area contributed by atoms with Crippen LogP contribution in [-0.4, -0.2) is 47.6 Å². The van der Waals surface area contributed by atoms with E-state index < -0.39 is 17.6 Å². The van der Waals surface area contributed by atoms with Gasteiger partial charge in [0.25, 0.3) is 11.8 Å². The molecular formula is C26H21F3N8O2. The third-order valence-corrected chi connectivity index (χ3v) is 6.25. The van der Waals surface area contributed by atoms with Crippen molar-refractivity contribution in [2.75, 3.05) is 17.6 Å². The van der Waals surface area contributed by atoms with Gasteiger partial charge in [-0.2, -0.15) is 13.2 Å². The van der Waals surface area contributed by atoms with Gasteiger partial charge in [0.05, 0.1) is 22.8 Å². The summed E-state index contributed by atoms with van der Waals surface area (Å²) >= 11 is 0. The molecule has 198 valence electrons. The summed E-state index contributed by atoms with van der Waals surface area (Å²) in [5, 5.41) is 2.32. The van der Waals surface area contributed by atoms with E-state index in [-0.39, 0.29) is 29.4 Å². The number of aromatic nitrogens is 5. The minimum absolute atomic E-state index is 0.0455. The van der Waals surface area contributed by atoms with E-state index in [1.54, 1.807) is 34.6 Å². The molecule has 0 aliphatic carbocycles. The number of hydrogen-bond donors (Lipinski definition) is 2. The molecular weight excluding hydrogens is 513 g/mol. The molecule has 0 saturated carbocycles. The molecule has 1 saturated heterocycles. The van der Waals surface area contributed by atoms with Crippen LogP contribution in [0.4, 0.5) is 24.9 Å². The third kappa shape index (κ3) is 4.96. The maximum absolute atomic E-state index is 13.0. The van der Waals surface area contributed by atoms with Gasteiger partial charge in [0.1, 0.15) is 17.3 Å². The molecule has 1 aliphatic rings.